The summed E-state index contributed by atoms with van der Waals surface area (Å²) in [5.41, 5.74) is 2.11. The van der Waals surface area contributed by atoms with Gasteiger partial charge in [0.15, 0.2) is 22.5 Å². The minimum atomic E-state index is -0.199. The molecule has 1 aliphatic heterocycles. The van der Waals surface area contributed by atoms with Crippen molar-refractivity contribution in [3.8, 4) is 28.6 Å². The summed E-state index contributed by atoms with van der Waals surface area (Å²) < 4.78 is 14.2. The average molecular weight is 456 g/mol. The van der Waals surface area contributed by atoms with Crippen LogP contribution < -0.4 is 15.0 Å². The number of ether oxygens (including phenoxy) is 2. The van der Waals surface area contributed by atoms with Gasteiger partial charge < -0.3 is 9.47 Å². The van der Waals surface area contributed by atoms with Gasteiger partial charge in [-0.2, -0.15) is 4.68 Å². The van der Waals surface area contributed by atoms with E-state index in [2.05, 4.69) is 20.5 Å². The molecular formula is C23H16N6O3S. The third-order valence-electron chi connectivity index (χ3n) is 5.22. The fraction of sp³-hybridized carbons (Fsp3) is 0.0870. The summed E-state index contributed by atoms with van der Waals surface area (Å²) in [7, 11) is 0. The standard InChI is InChI=1S/C23H16N6O3S/c30-22-17-8-4-5-9-18(17)24-27-28(22)13-33-23-26-25-21(29(23)16-6-2-1-3-7-16)15-10-11-19-20(12-15)32-14-31-19/h1-12H,13-14H2. The lowest BCUT2D eigenvalue weighted by Crippen LogP contribution is -2.23. The van der Waals surface area contributed by atoms with Gasteiger partial charge in [-0.05, 0) is 42.5 Å². The molecule has 162 valence electrons. The van der Waals surface area contributed by atoms with Gasteiger partial charge in [-0.3, -0.25) is 9.36 Å². The topological polar surface area (TPSA) is 97.0 Å². The minimum absolute atomic E-state index is 0.199. The number of aromatic nitrogens is 6. The number of para-hydroxylation sites is 1. The lowest BCUT2D eigenvalue weighted by molar-refractivity contribution is 0.174. The molecule has 6 rings (SSSR count). The van der Waals surface area contributed by atoms with Crippen LogP contribution in [0.25, 0.3) is 28.0 Å². The van der Waals surface area contributed by atoms with Crippen molar-refractivity contribution in [1.29, 1.82) is 0 Å². The molecule has 0 unspecified atom stereocenters. The summed E-state index contributed by atoms with van der Waals surface area (Å²) in [6.45, 7) is 0.201. The summed E-state index contributed by atoms with van der Waals surface area (Å²) in [5.74, 6) is 2.26. The van der Waals surface area contributed by atoms with Crippen molar-refractivity contribution in [3.05, 3.63) is 83.2 Å². The second kappa shape index (κ2) is 8.06. The summed E-state index contributed by atoms with van der Waals surface area (Å²) in [5, 5.41) is 18.2. The molecule has 1 aliphatic rings. The number of hydrogen-bond donors (Lipinski definition) is 0. The van der Waals surface area contributed by atoms with Crippen LogP contribution in [0.3, 0.4) is 0 Å². The Balaban J connectivity index is 1.39. The fourth-order valence-electron chi connectivity index (χ4n) is 3.62. The molecule has 0 bridgehead atoms. The van der Waals surface area contributed by atoms with Crippen LogP contribution in [0.5, 0.6) is 11.5 Å². The number of thioether (sulfide) groups is 1. The summed E-state index contributed by atoms with van der Waals surface area (Å²) in [6, 6.07) is 22.6. The quantitative estimate of drug-likeness (QED) is 0.371. The molecule has 0 amide bonds. The van der Waals surface area contributed by atoms with E-state index in [9.17, 15) is 4.79 Å². The van der Waals surface area contributed by atoms with Gasteiger partial charge in [-0.25, -0.2) is 0 Å². The van der Waals surface area contributed by atoms with Crippen molar-refractivity contribution < 1.29 is 9.47 Å². The van der Waals surface area contributed by atoms with Crippen LogP contribution in [0.15, 0.2) is 82.7 Å². The maximum absolute atomic E-state index is 12.8. The molecule has 33 heavy (non-hydrogen) atoms. The van der Waals surface area contributed by atoms with Gasteiger partial charge in [0.2, 0.25) is 6.79 Å². The van der Waals surface area contributed by atoms with Gasteiger partial charge in [0, 0.05) is 11.3 Å². The number of rotatable bonds is 5. The van der Waals surface area contributed by atoms with Crippen molar-refractivity contribution in [2.75, 3.05) is 6.79 Å². The third kappa shape index (κ3) is 3.50. The van der Waals surface area contributed by atoms with Gasteiger partial charge in [0.05, 0.1) is 11.3 Å². The predicted molar refractivity (Wildman–Crippen MR) is 123 cm³/mol. The van der Waals surface area contributed by atoms with E-state index in [4.69, 9.17) is 9.47 Å². The van der Waals surface area contributed by atoms with E-state index in [0.717, 1.165) is 11.3 Å². The molecule has 2 aromatic heterocycles. The highest BCUT2D eigenvalue weighted by Gasteiger charge is 2.20. The number of fused-ring (bicyclic) bond motifs is 2. The Labute approximate surface area is 191 Å². The van der Waals surface area contributed by atoms with Crippen LogP contribution in [-0.2, 0) is 5.88 Å². The van der Waals surface area contributed by atoms with Crippen molar-refractivity contribution in [2.24, 2.45) is 0 Å². The lowest BCUT2D eigenvalue weighted by atomic mass is 10.2. The minimum Gasteiger partial charge on any atom is -0.454 e. The highest BCUT2D eigenvalue weighted by Crippen LogP contribution is 2.37. The predicted octanol–water partition coefficient (Wildman–Crippen LogP) is 3.52. The second-order valence-corrected chi connectivity index (χ2v) is 8.14. The maximum Gasteiger partial charge on any atom is 0.278 e. The van der Waals surface area contributed by atoms with Crippen molar-refractivity contribution >= 4 is 22.7 Å². The molecule has 0 aliphatic carbocycles. The molecule has 0 fully saturated rings. The Morgan fingerprint density at radius 1 is 0.879 bits per heavy atom. The highest BCUT2D eigenvalue weighted by atomic mass is 32.2. The lowest BCUT2D eigenvalue weighted by Gasteiger charge is -2.11. The maximum atomic E-state index is 12.8. The summed E-state index contributed by atoms with van der Waals surface area (Å²) >= 11 is 1.35. The highest BCUT2D eigenvalue weighted by molar-refractivity contribution is 7.98. The van der Waals surface area contributed by atoms with Gasteiger partial charge in [0.25, 0.3) is 5.56 Å². The number of hydrogen-bond acceptors (Lipinski definition) is 8. The monoisotopic (exact) mass is 456 g/mol. The molecule has 0 saturated carbocycles. The van der Waals surface area contributed by atoms with Gasteiger partial charge in [-0.1, -0.05) is 47.3 Å². The van der Waals surface area contributed by atoms with E-state index in [1.165, 1.54) is 16.4 Å². The smallest absolute Gasteiger partial charge is 0.278 e. The number of nitrogens with zero attached hydrogens (tertiary/aromatic N) is 6. The molecule has 9 nitrogen and oxygen atoms in total. The Kier molecular flexibility index (Phi) is 4.76. The normalized spacial score (nSPS) is 12.4. The van der Waals surface area contributed by atoms with Gasteiger partial charge in [-0.15, -0.1) is 15.3 Å². The Bertz CT molecular complexity index is 1530. The van der Waals surface area contributed by atoms with Crippen molar-refractivity contribution in [1.82, 2.24) is 29.8 Å². The van der Waals surface area contributed by atoms with Gasteiger partial charge in [0.1, 0.15) is 5.52 Å². The van der Waals surface area contributed by atoms with E-state index in [1.54, 1.807) is 12.1 Å². The molecule has 10 heteroatoms. The summed E-state index contributed by atoms with van der Waals surface area (Å²) in [4.78, 5) is 12.8. The molecule has 0 saturated heterocycles. The molecule has 5 aromatic rings. The van der Waals surface area contributed by atoms with E-state index in [0.29, 0.717) is 33.4 Å². The summed E-state index contributed by atoms with van der Waals surface area (Å²) in [6.07, 6.45) is 0. The van der Waals surface area contributed by atoms with E-state index in [-0.39, 0.29) is 18.2 Å². The van der Waals surface area contributed by atoms with Crippen LogP contribution >= 0.6 is 11.8 Å². The molecule has 0 radical (unpaired) electrons. The first-order valence-corrected chi connectivity index (χ1v) is 11.1. The molecular weight excluding hydrogens is 440 g/mol. The zero-order chi connectivity index (χ0) is 22.2. The second-order valence-electron chi connectivity index (χ2n) is 7.23. The molecule has 0 N–H and O–H groups in total. The molecule has 0 atom stereocenters. The first-order valence-electron chi connectivity index (χ1n) is 10.1. The third-order valence-corrected chi connectivity index (χ3v) is 6.12. The number of benzene rings is 3. The Morgan fingerprint density at radius 2 is 1.70 bits per heavy atom. The Hall–Kier alpha value is -4.18. The van der Waals surface area contributed by atoms with Gasteiger partial charge >= 0.3 is 0 Å². The van der Waals surface area contributed by atoms with Crippen molar-refractivity contribution in [2.45, 2.75) is 11.0 Å². The van der Waals surface area contributed by atoms with Crippen LogP contribution in [0.4, 0.5) is 0 Å². The molecule has 0 spiro atoms. The SMILES string of the molecule is O=c1c2ccccc2nnn1CSc1nnc(-c2ccc3c(c2)OCO3)n1-c1ccccc1. The van der Waals surface area contributed by atoms with E-state index >= 15 is 0 Å². The first kappa shape index (κ1) is 19.5. The van der Waals surface area contributed by atoms with Crippen LogP contribution in [0.1, 0.15) is 0 Å². The van der Waals surface area contributed by atoms with E-state index < -0.39 is 0 Å². The molecule has 3 heterocycles. The zero-order valence-electron chi connectivity index (χ0n) is 17.2. The Morgan fingerprint density at radius 3 is 2.61 bits per heavy atom. The van der Waals surface area contributed by atoms with Crippen LogP contribution in [-0.4, -0.2) is 36.6 Å². The average Bonchev–Trinajstić information content (AvgIpc) is 3.51. The molecule has 3 aromatic carbocycles. The fourth-order valence-corrected chi connectivity index (χ4v) is 4.45. The zero-order valence-corrected chi connectivity index (χ0v) is 18.0. The largest absolute Gasteiger partial charge is 0.454 e. The van der Waals surface area contributed by atoms with Crippen molar-refractivity contribution in [3.63, 3.8) is 0 Å². The van der Waals surface area contributed by atoms with Crippen LogP contribution in [0.2, 0.25) is 0 Å². The van der Waals surface area contributed by atoms with Crippen LogP contribution in [0, 0.1) is 0 Å². The van der Waals surface area contributed by atoms with E-state index in [1.807, 2.05) is 65.2 Å². The first-order chi connectivity index (χ1) is 16.3.